The molecule has 0 aliphatic carbocycles. The molecule has 2 aromatic rings. The summed E-state index contributed by atoms with van der Waals surface area (Å²) in [5.74, 6) is 1.80. The van der Waals surface area contributed by atoms with Crippen molar-refractivity contribution in [1.29, 1.82) is 0 Å². The average molecular weight is 321 g/mol. The van der Waals surface area contributed by atoms with Gasteiger partial charge in [0.25, 0.3) is 0 Å². The van der Waals surface area contributed by atoms with Crippen molar-refractivity contribution in [2.45, 2.75) is 19.9 Å². The number of hydrogen-bond donors (Lipinski definition) is 1. The van der Waals surface area contributed by atoms with Gasteiger partial charge in [-0.3, -0.25) is 0 Å². The maximum Gasteiger partial charge on any atom is 0.133 e. The second kappa shape index (κ2) is 6.57. The second-order valence-corrected chi connectivity index (χ2v) is 5.04. The van der Waals surface area contributed by atoms with Gasteiger partial charge in [-0.05, 0) is 51.7 Å². The molecule has 1 aromatic carbocycles. The van der Waals surface area contributed by atoms with Gasteiger partial charge in [-0.2, -0.15) is 0 Å². The van der Waals surface area contributed by atoms with E-state index in [0.717, 1.165) is 29.0 Å². The molecule has 0 unspecified atom stereocenters. The van der Waals surface area contributed by atoms with E-state index in [2.05, 4.69) is 45.3 Å². The van der Waals surface area contributed by atoms with Gasteiger partial charge in [0, 0.05) is 12.7 Å². The molecule has 3 nitrogen and oxygen atoms in total. The number of ether oxygens (including phenoxy) is 1. The van der Waals surface area contributed by atoms with Crippen LogP contribution in [0.5, 0.6) is 5.75 Å². The van der Waals surface area contributed by atoms with Crippen LogP contribution in [0.4, 0.5) is 5.82 Å². The van der Waals surface area contributed by atoms with E-state index in [9.17, 15) is 0 Å². The number of nitrogens with one attached hydrogen (secondary N) is 1. The Morgan fingerprint density at radius 1 is 1.32 bits per heavy atom. The number of benzene rings is 1. The predicted molar refractivity (Wildman–Crippen MR) is 81.6 cm³/mol. The molecule has 0 aliphatic rings. The van der Waals surface area contributed by atoms with Gasteiger partial charge >= 0.3 is 0 Å². The Bertz CT molecular complexity index is 558. The molecule has 1 heterocycles. The van der Waals surface area contributed by atoms with Gasteiger partial charge in [-0.25, -0.2) is 4.98 Å². The van der Waals surface area contributed by atoms with Gasteiger partial charge < -0.3 is 10.1 Å². The zero-order valence-corrected chi connectivity index (χ0v) is 12.7. The third kappa shape index (κ3) is 3.47. The van der Waals surface area contributed by atoms with Crippen LogP contribution in [0.3, 0.4) is 0 Å². The molecule has 1 N–H and O–H groups in total. The Morgan fingerprint density at radius 3 is 2.84 bits per heavy atom. The number of pyridine rings is 1. The topological polar surface area (TPSA) is 34.2 Å². The van der Waals surface area contributed by atoms with Crippen molar-refractivity contribution in [2.75, 3.05) is 12.4 Å². The molecule has 1 aromatic heterocycles. The summed E-state index contributed by atoms with van der Waals surface area (Å²) in [6.07, 6.45) is 2.79. The standard InChI is InChI=1S/C15H17BrN2O/c1-3-12-5-4-8-17-15(12)18-10-11-6-7-14(19-2)13(16)9-11/h4-9H,3,10H2,1-2H3,(H,17,18). The minimum atomic E-state index is 0.743. The zero-order chi connectivity index (χ0) is 13.7. The minimum absolute atomic E-state index is 0.743. The van der Waals surface area contributed by atoms with Crippen molar-refractivity contribution < 1.29 is 4.74 Å². The fraction of sp³-hybridized carbons (Fsp3) is 0.267. The minimum Gasteiger partial charge on any atom is -0.496 e. The Labute approximate surface area is 122 Å². The van der Waals surface area contributed by atoms with Crippen LogP contribution in [-0.4, -0.2) is 12.1 Å². The highest BCUT2D eigenvalue weighted by Gasteiger charge is 2.03. The Morgan fingerprint density at radius 2 is 2.16 bits per heavy atom. The van der Waals surface area contributed by atoms with Crippen molar-refractivity contribution in [1.82, 2.24) is 4.98 Å². The molecular formula is C15H17BrN2O. The van der Waals surface area contributed by atoms with E-state index in [1.54, 1.807) is 7.11 Å². The molecule has 0 amide bonds. The van der Waals surface area contributed by atoms with E-state index >= 15 is 0 Å². The molecular weight excluding hydrogens is 304 g/mol. The number of anilines is 1. The van der Waals surface area contributed by atoms with Crippen molar-refractivity contribution in [3.05, 3.63) is 52.1 Å². The first-order valence-electron chi connectivity index (χ1n) is 6.24. The zero-order valence-electron chi connectivity index (χ0n) is 11.1. The number of hydrogen-bond acceptors (Lipinski definition) is 3. The van der Waals surface area contributed by atoms with Gasteiger partial charge in [0.15, 0.2) is 0 Å². The van der Waals surface area contributed by atoms with Crippen molar-refractivity contribution in [2.24, 2.45) is 0 Å². The van der Waals surface area contributed by atoms with Crippen LogP contribution in [-0.2, 0) is 13.0 Å². The van der Waals surface area contributed by atoms with E-state index in [4.69, 9.17) is 4.74 Å². The van der Waals surface area contributed by atoms with E-state index < -0.39 is 0 Å². The summed E-state index contributed by atoms with van der Waals surface area (Å²) in [6, 6.07) is 10.1. The van der Waals surface area contributed by atoms with E-state index in [1.165, 1.54) is 11.1 Å². The summed E-state index contributed by atoms with van der Waals surface area (Å²) in [5.41, 5.74) is 2.41. The quantitative estimate of drug-likeness (QED) is 0.903. The lowest BCUT2D eigenvalue weighted by atomic mass is 10.2. The maximum absolute atomic E-state index is 5.22. The highest BCUT2D eigenvalue weighted by Crippen LogP contribution is 2.26. The highest BCUT2D eigenvalue weighted by atomic mass is 79.9. The Balaban J connectivity index is 2.08. The lowest BCUT2D eigenvalue weighted by Crippen LogP contribution is -2.04. The number of rotatable bonds is 5. The highest BCUT2D eigenvalue weighted by molar-refractivity contribution is 9.10. The smallest absolute Gasteiger partial charge is 0.133 e. The number of methoxy groups -OCH3 is 1. The summed E-state index contributed by atoms with van der Waals surface area (Å²) >= 11 is 3.49. The predicted octanol–water partition coefficient (Wildman–Crippen LogP) is 4.03. The first-order valence-corrected chi connectivity index (χ1v) is 7.04. The summed E-state index contributed by atoms with van der Waals surface area (Å²) in [6.45, 7) is 2.87. The number of nitrogens with zero attached hydrogens (tertiary/aromatic N) is 1. The van der Waals surface area contributed by atoms with Crippen LogP contribution in [0.25, 0.3) is 0 Å². The summed E-state index contributed by atoms with van der Waals surface area (Å²) in [5, 5.41) is 3.37. The molecule has 4 heteroatoms. The molecule has 2 rings (SSSR count). The molecule has 100 valence electrons. The summed E-state index contributed by atoms with van der Waals surface area (Å²) in [7, 11) is 1.67. The van der Waals surface area contributed by atoms with Gasteiger partial charge in [0.1, 0.15) is 11.6 Å². The molecule has 0 spiro atoms. The van der Waals surface area contributed by atoms with E-state index in [0.29, 0.717) is 0 Å². The maximum atomic E-state index is 5.22. The second-order valence-electron chi connectivity index (χ2n) is 4.19. The monoisotopic (exact) mass is 320 g/mol. The van der Waals surface area contributed by atoms with Gasteiger partial charge in [0.2, 0.25) is 0 Å². The molecule has 0 radical (unpaired) electrons. The van der Waals surface area contributed by atoms with Gasteiger partial charge in [-0.1, -0.05) is 19.1 Å². The van der Waals surface area contributed by atoms with Crippen LogP contribution in [0.2, 0.25) is 0 Å². The van der Waals surface area contributed by atoms with Gasteiger partial charge in [-0.15, -0.1) is 0 Å². The normalized spacial score (nSPS) is 10.3. The number of aryl methyl sites for hydroxylation is 1. The van der Waals surface area contributed by atoms with Crippen LogP contribution in [0, 0.1) is 0 Å². The first kappa shape index (κ1) is 13.9. The Kier molecular flexibility index (Phi) is 4.80. The van der Waals surface area contributed by atoms with Crippen LogP contribution >= 0.6 is 15.9 Å². The molecule has 0 saturated carbocycles. The molecule has 0 aliphatic heterocycles. The average Bonchev–Trinajstić information content (AvgIpc) is 2.45. The van der Waals surface area contributed by atoms with Gasteiger partial charge in [0.05, 0.1) is 11.6 Å². The van der Waals surface area contributed by atoms with E-state index in [-0.39, 0.29) is 0 Å². The summed E-state index contributed by atoms with van der Waals surface area (Å²) < 4.78 is 6.18. The first-order chi connectivity index (χ1) is 9.24. The van der Waals surface area contributed by atoms with Crippen molar-refractivity contribution in [3.63, 3.8) is 0 Å². The molecule has 0 atom stereocenters. The fourth-order valence-electron chi connectivity index (χ4n) is 1.89. The number of aromatic nitrogens is 1. The third-order valence-corrected chi connectivity index (χ3v) is 3.57. The number of halogens is 1. The third-order valence-electron chi connectivity index (χ3n) is 2.95. The lowest BCUT2D eigenvalue weighted by molar-refractivity contribution is 0.412. The molecule has 19 heavy (non-hydrogen) atoms. The molecule has 0 fully saturated rings. The van der Waals surface area contributed by atoms with Crippen LogP contribution < -0.4 is 10.1 Å². The fourth-order valence-corrected chi connectivity index (χ4v) is 2.48. The Hall–Kier alpha value is -1.55. The van der Waals surface area contributed by atoms with Crippen LogP contribution in [0.15, 0.2) is 41.0 Å². The SMILES string of the molecule is CCc1cccnc1NCc1ccc(OC)c(Br)c1. The summed E-state index contributed by atoms with van der Waals surface area (Å²) in [4.78, 5) is 4.37. The van der Waals surface area contributed by atoms with Crippen molar-refractivity contribution >= 4 is 21.7 Å². The molecule has 0 saturated heterocycles. The largest absolute Gasteiger partial charge is 0.496 e. The van der Waals surface area contributed by atoms with E-state index in [1.807, 2.05) is 24.4 Å². The lowest BCUT2D eigenvalue weighted by Gasteiger charge is -2.10. The van der Waals surface area contributed by atoms with Crippen LogP contribution in [0.1, 0.15) is 18.1 Å². The molecule has 0 bridgehead atoms. The van der Waals surface area contributed by atoms with Crippen molar-refractivity contribution in [3.8, 4) is 5.75 Å².